The van der Waals surface area contributed by atoms with Gasteiger partial charge in [-0.15, -0.1) is 22.7 Å². The first kappa shape index (κ1) is 15.3. The Balaban J connectivity index is 1.38. The molecule has 1 saturated heterocycles. The topological polar surface area (TPSA) is 68.5 Å². The molecular weight excluding hydrogens is 346 g/mol. The molecule has 0 radical (unpaired) electrons. The van der Waals surface area contributed by atoms with E-state index in [1.54, 1.807) is 23.8 Å². The second-order valence-corrected chi connectivity index (χ2v) is 7.13. The molecule has 0 amide bonds. The number of carbonyl (C=O) groups excluding carboxylic acids is 1. The lowest BCUT2D eigenvalue weighted by Gasteiger charge is -2.22. The first-order chi connectivity index (χ1) is 11.8. The summed E-state index contributed by atoms with van der Waals surface area (Å²) in [5.41, 5.74) is 0.735. The SMILES string of the molecule is O=C(OCc1csc(-c2ccco2)n1)C1CCCN1c1nccs1. The minimum atomic E-state index is -0.251. The van der Waals surface area contributed by atoms with Crippen LogP contribution in [0, 0.1) is 0 Å². The number of anilines is 1. The zero-order valence-electron chi connectivity index (χ0n) is 12.8. The fraction of sp³-hybridized carbons (Fsp3) is 0.312. The summed E-state index contributed by atoms with van der Waals surface area (Å²) >= 11 is 3.02. The maximum Gasteiger partial charge on any atom is 0.329 e. The Hall–Kier alpha value is -2.19. The van der Waals surface area contributed by atoms with Crippen molar-refractivity contribution in [1.29, 1.82) is 0 Å². The van der Waals surface area contributed by atoms with Gasteiger partial charge in [0.2, 0.25) is 0 Å². The number of rotatable bonds is 5. The van der Waals surface area contributed by atoms with Crippen LogP contribution in [-0.2, 0) is 16.1 Å². The van der Waals surface area contributed by atoms with Gasteiger partial charge in [-0.1, -0.05) is 0 Å². The van der Waals surface area contributed by atoms with E-state index in [0.29, 0.717) is 0 Å². The molecule has 0 saturated carbocycles. The van der Waals surface area contributed by atoms with Crippen LogP contribution in [0.15, 0.2) is 39.8 Å². The Morgan fingerprint density at radius 2 is 2.42 bits per heavy atom. The van der Waals surface area contributed by atoms with Crippen molar-refractivity contribution in [2.45, 2.75) is 25.5 Å². The van der Waals surface area contributed by atoms with E-state index in [1.165, 1.54) is 11.3 Å². The van der Waals surface area contributed by atoms with E-state index in [4.69, 9.17) is 9.15 Å². The van der Waals surface area contributed by atoms with Gasteiger partial charge in [-0.3, -0.25) is 0 Å². The maximum atomic E-state index is 12.4. The van der Waals surface area contributed by atoms with Gasteiger partial charge in [0.25, 0.3) is 0 Å². The Morgan fingerprint density at radius 1 is 1.46 bits per heavy atom. The van der Waals surface area contributed by atoms with Crippen molar-refractivity contribution < 1.29 is 13.9 Å². The average Bonchev–Trinajstić information content (AvgIpc) is 3.40. The first-order valence-electron chi connectivity index (χ1n) is 7.62. The van der Waals surface area contributed by atoms with Gasteiger partial charge in [-0.2, -0.15) is 0 Å². The van der Waals surface area contributed by atoms with Gasteiger partial charge >= 0.3 is 5.97 Å². The Kier molecular flexibility index (Phi) is 4.31. The molecule has 0 aliphatic carbocycles. The number of nitrogens with zero attached hydrogens (tertiary/aromatic N) is 3. The molecule has 1 fully saturated rings. The molecular formula is C16H15N3O3S2. The maximum absolute atomic E-state index is 12.4. The first-order valence-corrected chi connectivity index (χ1v) is 9.38. The summed E-state index contributed by atoms with van der Waals surface area (Å²) in [7, 11) is 0. The number of furan rings is 1. The van der Waals surface area contributed by atoms with Crippen LogP contribution in [0.5, 0.6) is 0 Å². The lowest BCUT2D eigenvalue weighted by Crippen LogP contribution is -2.37. The highest BCUT2D eigenvalue weighted by molar-refractivity contribution is 7.13. The van der Waals surface area contributed by atoms with Crippen LogP contribution in [-0.4, -0.2) is 28.5 Å². The van der Waals surface area contributed by atoms with Gasteiger partial charge in [0.05, 0.1) is 12.0 Å². The lowest BCUT2D eigenvalue weighted by molar-refractivity contribution is -0.146. The molecule has 3 aromatic rings. The average molecular weight is 361 g/mol. The van der Waals surface area contributed by atoms with E-state index in [9.17, 15) is 4.79 Å². The van der Waals surface area contributed by atoms with Gasteiger partial charge < -0.3 is 14.1 Å². The lowest BCUT2D eigenvalue weighted by atomic mass is 10.2. The second-order valence-electron chi connectivity index (χ2n) is 5.40. The van der Waals surface area contributed by atoms with Crippen LogP contribution in [0.25, 0.3) is 10.8 Å². The summed E-state index contributed by atoms with van der Waals surface area (Å²) in [6, 6.07) is 3.43. The smallest absolute Gasteiger partial charge is 0.329 e. The van der Waals surface area contributed by atoms with Crippen LogP contribution in [0.3, 0.4) is 0 Å². The molecule has 4 rings (SSSR count). The minimum Gasteiger partial charge on any atom is -0.462 e. The Bertz CT molecular complexity index is 799. The fourth-order valence-electron chi connectivity index (χ4n) is 2.73. The molecule has 6 nitrogen and oxygen atoms in total. The van der Waals surface area contributed by atoms with Gasteiger partial charge in [0.1, 0.15) is 12.6 Å². The zero-order valence-corrected chi connectivity index (χ0v) is 14.4. The van der Waals surface area contributed by atoms with Crippen LogP contribution < -0.4 is 4.90 Å². The summed E-state index contributed by atoms with van der Waals surface area (Å²) < 4.78 is 10.8. The van der Waals surface area contributed by atoms with E-state index in [0.717, 1.165) is 41.0 Å². The van der Waals surface area contributed by atoms with Gasteiger partial charge in [-0.25, -0.2) is 14.8 Å². The van der Waals surface area contributed by atoms with Crippen LogP contribution in [0.2, 0.25) is 0 Å². The standard InChI is InChI=1S/C16H15N3O3S2/c20-15(12-3-1-6-19(12)16-17-5-8-23-16)22-9-11-10-24-14(18-11)13-4-2-7-21-13/h2,4-5,7-8,10,12H,1,3,6,9H2. The minimum absolute atomic E-state index is 0.179. The number of thiazole rings is 2. The third-order valence-electron chi connectivity index (χ3n) is 3.84. The number of carbonyl (C=O) groups is 1. The van der Waals surface area contributed by atoms with Crippen molar-refractivity contribution in [2.24, 2.45) is 0 Å². The van der Waals surface area contributed by atoms with Gasteiger partial charge in [-0.05, 0) is 25.0 Å². The molecule has 1 aliphatic rings. The molecule has 1 atom stereocenters. The third-order valence-corrected chi connectivity index (χ3v) is 5.55. The molecule has 1 aliphatic heterocycles. The summed E-state index contributed by atoms with van der Waals surface area (Å²) in [6.45, 7) is 1.02. The number of esters is 1. The Labute approximate surface area is 146 Å². The zero-order chi connectivity index (χ0) is 16.4. The van der Waals surface area contributed by atoms with Crippen LogP contribution in [0.1, 0.15) is 18.5 Å². The van der Waals surface area contributed by atoms with Crippen molar-refractivity contribution >= 4 is 33.8 Å². The molecule has 124 valence electrons. The predicted octanol–water partition coefficient (Wildman–Crippen LogP) is 3.57. The van der Waals surface area contributed by atoms with Crippen LogP contribution >= 0.6 is 22.7 Å². The quantitative estimate of drug-likeness (QED) is 0.647. The summed E-state index contributed by atoms with van der Waals surface area (Å²) in [5, 5.41) is 5.47. The largest absolute Gasteiger partial charge is 0.462 e. The highest BCUT2D eigenvalue weighted by atomic mass is 32.1. The fourth-order valence-corrected chi connectivity index (χ4v) is 4.22. The monoisotopic (exact) mass is 361 g/mol. The van der Waals surface area contributed by atoms with E-state index in [2.05, 4.69) is 9.97 Å². The molecule has 3 aromatic heterocycles. The van der Waals surface area contributed by atoms with E-state index in [-0.39, 0.29) is 18.6 Å². The summed E-state index contributed by atoms with van der Waals surface area (Å²) in [6.07, 6.45) is 5.14. The van der Waals surface area contributed by atoms with Crippen molar-refractivity contribution in [2.75, 3.05) is 11.4 Å². The van der Waals surface area contributed by atoms with E-state index >= 15 is 0 Å². The highest BCUT2D eigenvalue weighted by Gasteiger charge is 2.33. The third kappa shape index (κ3) is 3.07. The number of ether oxygens (including phenoxy) is 1. The molecule has 0 bridgehead atoms. The normalized spacial score (nSPS) is 17.3. The van der Waals surface area contributed by atoms with Crippen molar-refractivity contribution in [1.82, 2.24) is 9.97 Å². The molecule has 8 heteroatoms. The number of hydrogen-bond donors (Lipinski definition) is 0. The number of aromatic nitrogens is 2. The highest BCUT2D eigenvalue weighted by Crippen LogP contribution is 2.28. The predicted molar refractivity (Wildman–Crippen MR) is 92.1 cm³/mol. The molecule has 4 heterocycles. The van der Waals surface area contributed by atoms with Gasteiger partial charge in [0, 0.05) is 23.5 Å². The Morgan fingerprint density at radius 3 is 3.21 bits per heavy atom. The summed E-state index contributed by atoms with van der Waals surface area (Å²) in [4.78, 5) is 23.2. The molecule has 24 heavy (non-hydrogen) atoms. The van der Waals surface area contributed by atoms with Gasteiger partial charge in [0.15, 0.2) is 15.9 Å². The number of hydrogen-bond acceptors (Lipinski definition) is 8. The van der Waals surface area contributed by atoms with Crippen LogP contribution in [0.4, 0.5) is 5.13 Å². The second kappa shape index (κ2) is 6.74. The van der Waals surface area contributed by atoms with E-state index in [1.807, 2.05) is 27.8 Å². The van der Waals surface area contributed by atoms with Crippen molar-refractivity contribution in [3.63, 3.8) is 0 Å². The summed E-state index contributed by atoms with van der Waals surface area (Å²) in [5.74, 6) is 0.513. The van der Waals surface area contributed by atoms with Crippen molar-refractivity contribution in [3.05, 3.63) is 41.0 Å². The molecule has 0 N–H and O–H groups in total. The van der Waals surface area contributed by atoms with E-state index < -0.39 is 0 Å². The van der Waals surface area contributed by atoms with Crippen molar-refractivity contribution in [3.8, 4) is 10.8 Å². The molecule has 0 spiro atoms. The molecule has 1 unspecified atom stereocenters. The molecule has 0 aromatic carbocycles.